The standard InChI is InChI=1S/C29H30IP/c1-4-7-22-10-16-25(17-11-22)28(30)29(31,26-18-12-23(8-5-2)13-19-26)27-20-14-24(9-6-3)15-21-27/h4-21,28H,31H2,1-3H3. The number of allylic oxidation sites excluding steroid dienone is 3. The van der Waals surface area contributed by atoms with Crippen molar-refractivity contribution >= 4 is 50.1 Å². The van der Waals surface area contributed by atoms with Gasteiger partial charge in [-0.2, -0.15) is 0 Å². The van der Waals surface area contributed by atoms with E-state index in [9.17, 15) is 0 Å². The van der Waals surface area contributed by atoms with Crippen molar-refractivity contribution in [2.24, 2.45) is 0 Å². The van der Waals surface area contributed by atoms with Gasteiger partial charge in [-0.1, -0.05) is 132 Å². The molecule has 0 saturated heterocycles. The molecule has 0 nitrogen and oxygen atoms in total. The van der Waals surface area contributed by atoms with Crippen LogP contribution in [0.15, 0.2) is 91.0 Å². The van der Waals surface area contributed by atoms with E-state index in [-0.39, 0.29) is 9.08 Å². The van der Waals surface area contributed by atoms with Crippen molar-refractivity contribution in [3.63, 3.8) is 0 Å². The van der Waals surface area contributed by atoms with Gasteiger partial charge in [-0.3, -0.25) is 0 Å². The van der Waals surface area contributed by atoms with E-state index in [1.165, 1.54) is 33.4 Å². The Bertz CT molecular complexity index is 1000. The summed E-state index contributed by atoms with van der Waals surface area (Å²) in [6.07, 6.45) is 12.7. The summed E-state index contributed by atoms with van der Waals surface area (Å²) in [5.74, 6) is 0. The van der Waals surface area contributed by atoms with Gasteiger partial charge in [0.25, 0.3) is 0 Å². The molecule has 0 aliphatic heterocycles. The van der Waals surface area contributed by atoms with Crippen molar-refractivity contribution in [3.05, 3.63) is 124 Å². The molecule has 0 bridgehead atoms. The molecular formula is C29H30IP. The van der Waals surface area contributed by atoms with Gasteiger partial charge in [0, 0.05) is 0 Å². The monoisotopic (exact) mass is 536 g/mol. The van der Waals surface area contributed by atoms with E-state index in [0.717, 1.165) is 0 Å². The summed E-state index contributed by atoms with van der Waals surface area (Å²) in [6.45, 7) is 6.16. The Kier molecular flexibility index (Phi) is 8.46. The second-order valence-corrected chi connectivity index (χ2v) is 9.80. The highest BCUT2D eigenvalue weighted by atomic mass is 127. The maximum absolute atomic E-state index is 3.20. The molecule has 0 aliphatic rings. The summed E-state index contributed by atoms with van der Waals surface area (Å²) < 4.78 is 0.245. The van der Waals surface area contributed by atoms with Crippen molar-refractivity contribution < 1.29 is 0 Å². The number of halogens is 1. The van der Waals surface area contributed by atoms with Crippen LogP contribution in [0, 0.1) is 0 Å². The van der Waals surface area contributed by atoms with Crippen LogP contribution in [-0.2, 0) is 5.16 Å². The molecule has 0 amide bonds. The van der Waals surface area contributed by atoms with E-state index < -0.39 is 0 Å². The third kappa shape index (κ3) is 5.45. The predicted octanol–water partition coefficient (Wildman–Crippen LogP) is 9.08. The Labute approximate surface area is 203 Å². The van der Waals surface area contributed by atoms with Gasteiger partial charge in [-0.25, -0.2) is 0 Å². The number of alkyl halides is 1. The lowest BCUT2D eigenvalue weighted by Crippen LogP contribution is -2.25. The van der Waals surface area contributed by atoms with Gasteiger partial charge in [0.15, 0.2) is 0 Å². The fourth-order valence-electron chi connectivity index (χ4n) is 3.82. The molecule has 3 aromatic rings. The summed E-state index contributed by atoms with van der Waals surface area (Å²) >= 11 is 2.61. The number of hydrogen-bond donors (Lipinski definition) is 0. The van der Waals surface area contributed by atoms with Crippen LogP contribution in [0.5, 0.6) is 0 Å². The van der Waals surface area contributed by atoms with Crippen LogP contribution < -0.4 is 0 Å². The lowest BCUT2D eigenvalue weighted by atomic mass is 9.83. The molecule has 31 heavy (non-hydrogen) atoms. The van der Waals surface area contributed by atoms with Crippen LogP contribution in [0.4, 0.5) is 0 Å². The minimum Gasteiger partial charge on any atom is -0.120 e. The fraction of sp³-hybridized carbons (Fsp3) is 0.172. The molecule has 0 radical (unpaired) electrons. The highest BCUT2D eigenvalue weighted by molar-refractivity contribution is 14.1. The van der Waals surface area contributed by atoms with Crippen LogP contribution in [0.1, 0.15) is 58.1 Å². The van der Waals surface area contributed by atoms with Gasteiger partial charge in [0.1, 0.15) is 0 Å². The molecule has 2 heteroatoms. The zero-order valence-corrected chi connectivity index (χ0v) is 21.7. The van der Waals surface area contributed by atoms with Crippen LogP contribution in [-0.4, -0.2) is 0 Å². The van der Waals surface area contributed by atoms with Crippen LogP contribution in [0.3, 0.4) is 0 Å². The van der Waals surface area contributed by atoms with Crippen molar-refractivity contribution in [2.75, 3.05) is 0 Å². The number of rotatable bonds is 7. The predicted molar refractivity (Wildman–Crippen MR) is 151 cm³/mol. The van der Waals surface area contributed by atoms with E-state index in [0.29, 0.717) is 0 Å². The Morgan fingerprint density at radius 2 is 0.935 bits per heavy atom. The molecule has 0 aromatic heterocycles. The lowest BCUT2D eigenvalue weighted by Gasteiger charge is -2.36. The van der Waals surface area contributed by atoms with Crippen molar-refractivity contribution in [2.45, 2.75) is 29.9 Å². The normalized spacial score (nSPS) is 15.0. The first-order valence-corrected chi connectivity index (χ1v) is 12.5. The summed E-state index contributed by atoms with van der Waals surface area (Å²) in [4.78, 5) is 0. The molecule has 2 unspecified atom stereocenters. The first kappa shape index (κ1) is 23.7. The van der Waals surface area contributed by atoms with E-state index in [1.54, 1.807) is 0 Å². The third-order valence-electron chi connectivity index (χ3n) is 5.48. The van der Waals surface area contributed by atoms with E-state index in [2.05, 4.69) is 162 Å². The SMILES string of the molecule is CC=Cc1ccc(C(I)C(P)(c2ccc(C=CC)cc2)c2ccc(C=CC)cc2)cc1. The Balaban J connectivity index is 2.10. The minimum atomic E-state index is -0.244. The van der Waals surface area contributed by atoms with E-state index >= 15 is 0 Å². The minimum absolute atomic E-state index is 0.244. The molecule has 0 fully saturated rings. The second kappa shape index (κ2) is 11.1. The third-order valence-corrected chi connectivity index (χ3v) is 8.86. The molecule has 0 aliphatic carbocycles. The van der Waals surface area contributed by atoms with Crippen molar-refractivity contribution in [3.8, 4) is 0 Å². The van der Waals surface area contributed by atoms with Gasteiger partial charge in [0.2, 0.25) is 0 Å². The van der Waals surface area contributed by atoms with Gasteiger partial charge < -0.3 is 0 Å². The van der Waals surface area contributed by atoms with E-state index in [4.69, 9.17) is 0 Å². The zero-order chi connectivity index (χ0) is 22.3. The molecule has 0 spiro atoms. The highest BCUT2D eigenvalue weighted by Crippen LogP contribution is 2.53. The van der Waals surface area contributed by atoms with Crippen molar-refractivity contribution in [1.82, 2.24) is 0 Å². The molecule has 3 rings (SSSR count). The largest absolute Gasteiger partial charge is 0.120 e. The van der Waals surface area contributed by atoms with Gasteiger partial charge >= 0.3 is 0 Å². The summed E-state index contributed by atoms with van der Waals surface area (Å²) in [5, 5.41) is -0.244. The van der Waals surface area contributed by atoms with Crippen LogP contribution >= 0.6 is 31.8 Å². The van der Waals surface area contributed by atoms with Gasteiger partial charge in [-0.05, 0) is 54.2 Å². The Morgan fingerprint density at radius 1 is 0.613 bits per heavy atom. The number of hydrogen-bond acceptors (Lipinski definition) is 0. The maximum atomic E-state index is 3.20. The molecule has 158 valence electrons. The highest BCUT2D eigenvalue weighted by Gasteiger charge is 2.37. The van der Waals surface area contributed by atoms with E-state index in [1.807, 2.05) is 0 Å². The molecule has 0 heterocycles. The van der Waals surface area contributed by atoms with Gasteiger partial charge in [-0.15, -0.1) is 9.24 Å². The number of benzene rings is 3. The van der Waals surface area contributed by atoms with Crippen LogP contribution in [0.2, 0.25) is 0 Å². The molecule has 2 atom stereocenters. The topological polar surface area (TPSA) is 0 Å². The summed E-state index contributed by atoms with van der Waals surface area (Å²) in [7, 11) is 3.20. The summed E-state index contributed by atoms with van der Waals surface area (Å²) in [6, 6.07) is 26.8. The molecular weight excluding hydrogens is 506 g/mol. The van der Waals surface area contributed by atoms with Gasteiger partial charge in [0.05, 0.1) is 9.08 Å². The van der Waals surface area contributed by atoms with Crippen LogP contribution in [0.25, 0.3) is 18.2 Å². The zero-order valence-electron chi connectivity index (χ0n) is 18.4. The summed E-state index contributed by atoms with van der Waals surface area (Å²) in [5.41, 5.74) is 7.59. The molecule has 0 N–H and O–H groups in total. The Hall–Kier alpha value is -1.96. The quantitative estimate of drug-likeness (QED) is 0.161. The smallest absolute Gasteiger partial charge is 0.0531 e. The average Bonchev–Trinajstić information content (AvgIpc) is 2.80. The second-order valence-electron chi connectivity index (χ2n) is 7.64. The first-order valence-electron chi connectivity index (χ1n) is 10.6. The first-order chi connectivity index (χ1) is 15.0. The Morgan fingerprint density at radius 3 is 1.26 bits per heavy atom. The molecule has 3 aromatic carbocycles. The molecule has 0 saturated carbocycles. The average molecular weight is 536 g/mol. The lowest BCUT2D eigenvalue weighted by molar-refractivity contribution is 0.739. The van der Waals surface area contributed by atoms with Crippen molar-refractivity contribution in [1.29, 1.82) is 0 Å². The fourth-order valence-corrected chi connectivity index (χ4v) is 5.53. The maximum Gasteiger partial charge on any atom is 0.0531 e.